The van der Waals surface area contributed by atoms with Crippen molar-refractivity contribution >= 4 is 5.97 Å². The highest BCUT2D eigenvalue weighted by Crippen LogP contribution is 2.46. The van der Waals surface area contributed by atoms with E-state index in [4.69, 9.17) is 4.74 Å². The molecular weight excluding hydrogens is 232 g/mol. The van der Waals surface area contributed by atoms with Gasteiger partial charge in [-0.2, -0.15) is 0 Å². The van der Waals surface area contributed by atoms with E-state index < -0.39 is 28.7 Å². The summed E-state index contributed by atoms with van der Waals surface area (Å²) in [5, 5.41) is 19.9. The number of rotatable bonds is 4. The summed E-state index contributed by atoms with van der Waals surface area (Å²) < 4.78 is 6.05. The summed E-state index contributed by atoms with van der Waals surface area (Å²) in [6.07, 6.45) is 2.33. The summed E-state index contributed by atoms with van der Waals surface area (Å²) in [5.74, 6) is -1.33. The van der Waals surface area contributed by atoms with Crippen LogP contribution in [0, 0.1) is 5.92 Å². The molecule has 0 radical (unpaired) electrons. The second-order valence-electron chi connectivity index (χ2n) is 6.10. The molecule has 4 heteroatoms. The fourth-order valence-electron chi connectivity index (χ4n) is 3.22. The van der Waals surface area contributed by atoms with Crippen LogP contribution in [0.1, 0.15) is 60.3 Å². The van der Waals surface area contributed by atoms with Gasteiger partial charge in [-0.25, -0.2) is 0 Å². The van der Waals surface area contributed by atoms with Crippen LogP contribution in [0.2, 0.25) is 0 Å². The minimum Gasteiger partial charge on any atom is -0.481 e. The zero-order valence-corrected chi connectivity index (χ0v) is 12.1. The van der Waals surface area contributed by atoms with Gasteiger partial charge in [0.2, 0.25) is 0 Å². The van der Waals surface area contributed by atoms with Crippen LogP contribution in [0.5, 0.6) is 0 Å². The molecule has 0 amide bonds. The number of aliphatic carboxylic acids is 1. The Labute approximate surface area is 109 Å². The second-order valence-corrected chi connectivity index (χ2v) is 6.10. The van der Waals surface area contributed by atoms with Gasteiger partial charge in [0, 0.05) is 0 Å². The molecule has 2 N–H and O–H groups in total. The van der Waals surface area contributed by atoms with Crippen LogP contribution in [0.25, 0.3) is 0 Å². The Morgan fingerprint density at radius 2 is 1.83 bits per heavy atom. The first-order chi connectivity index (χ1) is 8.12. The SMILES string of the molecule is CCC(O)(CC)[C@]1(C)CC[C@@H](C(=O)O)C(C)(C)O1. The number of hydrogen-bond donors (Lipinski definition) is 2. The summed E-state index contributed by atoms with van der Waals surface area (Å²) in [5.41, 5.74) is -2.32. The van der Waals surface area contributed by atoms with Gasteiger partial charge in [0.05, 0.1) is 22.7 Å². The smallest absolute Gasteiger partial charge is 0.309 e. The maximum atomic E-state index is 11.2. The third-order valence-electron chi connectivity index (χ3n) is 4.69. The Balaban J connectivity index is 3.01. The fourth-order valence-corrected chi connectivity index (χ4v) is 3.22. The Kier molecular flexibility index (Phi) is 4.13. The summed E-state index contributed by atoms with van der Waals surface area (Å²) in [4.78, 5) is 11.2. The Morgan fingerprint density at radius 1 is 1.33 bits per heavy atom. The van der Waals surface area contributed by atoms with E-state index in [1.54, 1.807) is 13.8 Å². The third kappa shape index (κ3) is 2.41. The van der Waals surface area contributed by atoms with Gasteiger partial charge in [0.1, 0.15) is 0 Å². The molecule has 4 nitrogen and oxygen atoms in total. The molecule has 0 bridgehead atoms. The molecule has 0 saturated carbocycles. The zero-order valence-electron chi connectivity index (χ0n) is 12.1. The first kappa shape index (κ1) is 15.4. The Morgan fingerprint density at radius 3 is 2.17 bits per heavy atom. The van der Waals surface area contributed by atoms with Crippen LogP contribution in [0.4, 0.5) is 0 Å². The molecule has 0 aromatic rings. The lowest BCUT2D eigenvalue weighted by molar-refractivity contribution is -0.265. The van der Waals surface area contributed by atoms with E-state index in [9.17, 15) is 15.0 Å². The number of ether oxygens (including phenoxy) is 1. The van der Waals surface area contributed by atoms with Gasteiger partial charge in [0.25, 0.3) is 0 Å². The highest BCUT2D eigenvalue weighted by molar-refractivity contribution is 5.71. The molecule has 0 aromatic heterocycles. The zero-order chi connectivity index (χ0) is 14.2. The molecule has 1 heterocycles. The van der Waals surface area contributed by atoms with Crippen molar-refractivity contribution in [3.8, 4) is 0 Å². The van der Waals surface area contributed by atoms with E-state index >= 15 is 0 Å². The van der Waals surface area contributed by atoms with E-state index in [1.807, 2.05) is 20.8 Å². The Bertz CT molecular complexity index is 320. The highest BCUT2D eigenvalue weighted by Gasteiger charge is 2.54. The summed E-state index contributed by atoms with van der Waals surface area (Å²) in [6, 6.07) is 0. The van der Waals surface area contributed by atoms with E-state index in [1.165, 1.54) is 0 Å². The fraction of sp³-hybridized carbons (Fsp3) is 0.929. The molecule has 106 valence electrons. The minimum atomic E-state index is -0.895. The summed E-state index contributed by atoms with van der Waals surface area (Å²) in [7, 11) is 0. The second kappa shape index (κ2) is 4.82. The van der Waals surface area contributed by atoms with Crippen molar-refractivity contribution in [3.63, 3.8) is 0 Å². The number of carboxylic acids is 1. The largest absolute Gasteiger partial charge is 0.481 e. The standard InChI is InChI=1S/C14H26O4/c1-6-14(17,7-2)13(5)9-8-10(11(15)16)12(3,4)18-13/h10,17H,6-9H2,1-5H3,(H,15,16)/t10-,13-/m0/s1. The van der Waals surface area contributed by atoms with Crippen LogP contribution >= 0.6 is 0 Å². The lowest BCUT2D eigenvalue weighted by atomic mass is 9.70. The first-order valence-corrected chi connectivity index (χ1v) is 6.77. The molecule has 0 aliphatic carbocycles. The van der Waals surface area contributed by atoms with Crippen molar-refractivity contribution in [1.82, 2.24) is 0 Å². The lowest BCUT2D eigenvalue weighted by Crippen LogP contribution is -2.61. The van der Waals surface area contributed by atoms with Crippen LogP contribution in [-0.4, -0.2) is 33.0 Å². The predicted octanol–water partition coefficient (Wildman–Crippen LogP) is 2.59. The van der Waals surface area contributed by atoms with Crippen LogP contribution in [-0.2, 0) is 9.53 Å². The number of aliphatic hydroxyl groups is 1. The molecule has 1 aliphatic heterocycles. The molecule has 2 atom stereocenters. The average molecular weight is 258 g/mol. The van der Waals surface area contributed by atoms with E-state index in [0.29, 0.717) is 25.7 Å². The maximum Gasteiger partial charge on any atom is 0.309 e. The van der Waals surface area contributed by atoms with E-state index in [2.05, 4.69) is 0 Å². The quantitative estimate of drug-likeness (QED) is 0.813. The highest BCUT2D eigenvalue weighted by atomic mass is 16.5. The van der Waals surface area contributed by atoms with Crippen molar-refractivity contribution in [2.24, 2.45) is 5.92 Å². The molecule has 0 spiro atoms. The van der Waals surface area contributed by atoms with Gasteiger partial charge in [-0.15, -0.1) is 0 Å². The molecule has 1 fully saturated rings. The molecule has 1 rings (SSSR count). The minimum absolute atomic E-state index is 0.511. The molecule has 1 aliphatic rings. The van der Waals surface area contributed by atoms with E-state index in [0.717, 1.165) is 0 Å². The van der Waals surface area contributed by atoms with Gasteiger partial charge in [0.15, 0.2) is 0 Å². The Hall–Kier alpha value is -0.610. The summed E-state index contributed by atoms with van der Waals surface area (Å²) in [6.45, 7) is 9.38. The van der Waals surface area contributed by atoms with Crippen LogP contribution in [0.15, 0.2) is 0 Å². The van der Waals surface area contributed by atoms with Crippen molar-refractivity contribution in [2.45, 2.75) is 77.1 Å². The van der Waals surface area contributed by atoms with Gasteiger partial charge >= 0.3 is 5.97 Å². The number of hydrogen-bond acceptors (Lipinski definition) is 3. The topological polar surface area (TPSA) is 66.8 Å². The normalized spacial score (nSPS) is 32.2. The van der Waals surface area contributed by atoms with Crippen molar-refractivity contribution in [3.05, 3.63) is 0 Å². The first-order valence-electron chi connectivity index (χ1n) is 6.77. The molecule has 0 aromatic carbocycles. The van der Waals surface area contributed by atoms with Crippen LogP contribution < -0.4 is 0 Å². The lowest BCUT2D eigenvalue weighted by Gasteiger charge is -2.53. The molecule has 18 heavy (non-hydrogen) atoms. The number of carbonyl (C=O) groups is 1. The van der Waals surface area contributed by atoms with Gasteiger partial charge in [-0.1, -0.05) is 13.8 Å². The number of carboxylic acid groups (broad SMARTS) is 1. The molecular formula is C14H26O4. The maximum absolute atomic E-state index is 11.2. The monoisotopic (exact) mass is 258 g/mol. The van der Waals surface area contributed by atoms with Gasteiger partial charge in [-0.3, -0.25) is 4.79 Å². The van der Waals surface area contributed by atoms with Gasteiger partial charge < -0.3 is 14.9 Å². The van der Waals surface area contributed by atoms with E-state index in [-0.39, 0.29) is 0 Å². The van der Waals surface area contributed by atoms with Crippen molar-refractivity contribution < 1.29 is 19.7 Å². The van der Waals surface area contributed by atoms with Crippen LogP contribution in [0.3, 0.4) is 0 Å². The van der Waals surface area contributed by atoms with Crippen molar-refractivity contribution in [1.29, 1.82) is 0 Å². The summed E-state index contributed by atoms with van der Waals surface area (Å²) >= 11 is 0. The molecule has 0 unspecified atom stereocenters. The predicted molar refractivity (Wildman–Crippen MR) is 69.5 cm³/mol. The third-order valence-corrected chi connectivity index (χ3v) is 4.69. The van der Waals surface area contributed by atoms with Crippen molar-refractivity contribution in [2.75, 3.05) is 0 Å². The van der Waals surface area contributed by atoms with Gasteiger partial charge in [-0.05, 0) is 46.5 Å². The molecule has 1 saturated heterocycles. The average Bonchev–Trinajstić information content (AvgIpc) is 2.25.